The molecule has 2 aromatic carbocycles. The zero-order valence-corrected chi connectivity index (χ0v) is 25.0. The van der Waals surface area contributed by atoms with Crippen molar-refractivity contribution in [3.63, 3.8) is 0 Å². The summed E-state index contributed by atoms with van der Waals surface area (Å²) in [4.78, 5) is 25.9. The van der Waals surface area contributed by atoms with Crippen LogP contribution in [0, 0.1) is 0 Å². The summed E-state index contributed by atoms with van der Waals surface area (Å²) >= 11 is 5.99. The number of aromatic nitrogens is 2. The molecule has 0 unspecified atom stereocenters. The van der Waals surface area contributed by atoms with Crippen molar-refractivity contribution in [2.75, 3.05) is 62.2 Å². The molecule has 39 heavy (non-hydrogen) atoms. The quantitative estimate of drug-likeness (QED) is 0.389. The number of halogens is 1. The summed E-state index contributed by atoms with van der Waals surface area (Å²) in [5.41, 5.74) is 3.86. The molecule has 1 aromatic heterocycles. The van der Waals surface area contributed by atoms with Gasteiger partial charge in [0.2, 0.25) is 0 Å². The van der Waals surface area contributed by atoms with Gasteiger partial charge in [-0.15, -0.1) is 0 Å². The molecule has 0 spiro atoms. The van der Waals surface area contributed by atoms with Crippen LogP contribution >= 0.6 is 11.6 Å². The number of anilines is 4. The Balaban J connectivity index is 1.40. The van der Waals surface area contributed by atoms with E-state index in [4.69, 9.17) is 30.8 Å². The third-order valence-corrected chi connectivity index (χ3v) is 9.89. The Morgan fingerprint density at radius 3 is 2.64 bits per heavy atom. The molecule has 1 amide bonds. The number of hydrogen-bond acceptors (Lipinski definition) is 8. The standard InChI is InChI=1S/C28H32AsClN5O4/c1-4-35-23-16-25(38-3)22(14-18(23)6-5-7-26(35)36)32-28-31-17-21(30)27(33-28)29-20-9-8-19(15-24(20)37-2)34-10-12-39-13-11-34/h8-9,14-17H,4-7,10-13H2,1-3H3,(H,31,32,33). The normalized spacial score (nSPS) is 15.8. The first kappa shape index (κ1) is 27.6. The summed E-state index contributed by atoms with van der Waals surface area (Å²) in [6, 6.07) is 10.3. The van der Waals surface area contributed by atoms with E-state index < -0.39 is 15.8 Å². The molecule has 0 saturated carbocycles. The number of methoxy groups -OCH3 is 2. The van der Waals surface area contributed by atoms with E-state index in [2.05, 4.69) is 33.4 Å². The van der Waals surface area contributed by atoms with Gasteiger partial charge in [0, 0.05) is 0 Å². The number of morpholine rings is 1. The van der Waals surface area contributed by atoms with E-state index in [-0.39, 0.29) is 5.91 Å². The van der Waals surface area contributed by atoms with E-state index >= 15 is 0 Å². The first-order valence-electron chi connectivity index (χ1n) is 13.0. The van der Waals surface area contributed by atoms with Gasteiger partial charge in [-0.25, -0.2) is 0 Å². The maximum absolute atomic E-state index is 12.6. The number of ether oxygens (including phenoxy) is 3. The Hall–Kier alpha value is -3.00. The summed E-state index contributed by atoms with van der Waals surface area (Å²) in [5.74, 6) is 2.02. The van der Waals surface area contributed by atoms with Crippen molar-refractivity contribution in [1.82, 2.24) is 9.97 Å². The zero-order chi connectivity index (χ0) is 27.4. The predicted octanol–water partition coefficient (Wildman–Crippen LogP) is 3.07. The first-order chi connectivity index (χ1) is 19.0. The van der Waals surface area contributed by atoms with Crippen LogP contribution in [0.4, 0.5) is 23.0 Å². The first-order valence-corrected chi connectivity index (χ1v) is 15.3. The van der Waals surface area contributed by atoms with E-state index in [1.807, 2.05) is 24.0 Å². The van der Waals surface area contributed by atoms with E-state index in [0.29, 0.717) is 29.7 Å². The van der Waals surface area contributed by atoms with Crippen LogP contribution in [-0.2, 0) is 16.0 Å². The molecule has 3 heterocycles. The Labute approximate surface area is 240 Å². The molecule has 0 bridgehead atoms. The van der Waals surface area contributed by atoms with Crippen LogP contribution in [0.15, 0.2) is 36.5 Å². The second-order valence-corrected chi connectivity index (χ2v) is 12.0. The molecule has 11 heteroatoms. The molecule has 9 nitrogen and oxygen atoms in total. The van der Waals surface area contributed by atoms with Gasteiger partial charge in [-0.1, -0.05) is 0 Å². The Morgan fingerprint density at radius 1 is 1.10 bits per heavy atom. The molecule has 5 rings (SSSR count). The van der Waals surface area contributed by atoms with Crippen LogP contribution < -0.4 is 33.4 Å². The second kappa shape index (κ2) is 12.5. The molecule has 0 atom stereocenters. The topological polar surface area (TPSA) is 89.1 Å². The van der Waals surface area contributed by atoms with Crippen molar-refractivity contribution in [3.05, 3.63) is 47.1 Å². The fraction of sp³-hybridized carbons (Fsp3) is 0.393. The van der Waals surface area contributed by atoms with E-state index in [1.165, 1.54) is 0 Å². The number of hydrogen-bond donors (Lipinski definition) is 1. The van der Waals surface area contributed by atoms with Gasteiger partial charge in [-0.3, -0.25) is 0 Å². The summed E-state index contributed by atoms with van der Waals surface area (Å²) < 4.78 is 18.8. The fourth-order valence-electron chi connectivity index (χ4n) is 4.89. The number of carbonyl (C=O) groups is 1. The van der Waals surface area contributed by atoms with Crippen molar-refractivity contribution in [3.8, 4) is 11.5 Å². The van der Waals surface area contributed by atoms with Gasteiger partial charge in [0.1, 0.15) is 0 Å². The van der Waals surface area contributed by atoms with Gasteiger partial charge in [0.05, 0.1) is 0 Å². The Morgan fingerprint density at radius 2 is 1.90 bits per heavy atom. The average molecular weight is 613 g/mol. The Bertz CT molecular complexity index is 1350. The van der Waals surface area contributed by atoms with Crippen LogP contribution in [0.1, 0.15) is 25.3 Å². The number of nitrogens with one attached hydrogen (secondary N) is 1. The number of carbonyl (C=O) groups excluding carboxylic acids is 1. The van der Waals surface area contributed by atoms with Gasteiger partial charge >= 0.3 is 241 Å². The Kier molecular flexibility index (Phi) is 8.80. The molecule has 1 N–H and O–H groups in total. The monoisotopic (exact) mass is 612 g/mol. The number of rotatable bonds is 8. The number of amides is 1. The fourth-order valence-corrected chi connectivity index (χ4v) is 7.20. The molecule has 2 aliphatic heterocycles. The van der Waals surface area contributed by atoms with Gasteiger partial charge in [-0.2, -0.15) is 0 Å². The van der Waals surface area contributed by atoms with Gasteiger partial charge in [0.15, 0.2) is 0 Å². The van der Waals surface area contributed by atoms with Crippen LogP contribution in [0.2, 0.25) is 5.02 Å². The molecule has 1 radical (unpaired) electrons. The van der Waals surface area contributed by atoms with E-state index in [1.54, 1.807) is 20.4 Å². The summed E-state index contributed by atoms with van der Waals surface area (Å²) in [5, 5.41) is 3.85. The number of benzene rings is 2. The SMILES string of the molecule is CCN1C(=O)CCCc2cc(Nc3ncc(Cl)c([As]c4ccc(N5CCOCC5)cc4OC)n3)c(OC)cc21. The minimum atomic E-state index is -0.567. The third kappa shape index (κ3) is 6.11. The number of fused-ring (bicyclic) bond motifs is 1. The van der Waals surface area contributed by atoms with Crippen molar-refractivity contribution in [2.45, 2.75) is 26.2 Å². The van der Waals surface area contributed by atoms with Gasteiger partial charge in [-0.05, 0) is 0 Å². The van der Waals surface area contributed by atoms with Crippen LogP contribution in [0.25, 0.3) is 0 Å². The molecular formula is C28H32AsClN5O4. The maximum atomic E-state index is 12.6. The van der Waals surface area contributed by atoms with E-state index in [9.17, 15) is 4.79 Å². The van der Waals surface area contributed by atoms with Crippen LogP contribution in [0.5, 0.6) is 11.5 Å². The molecule has 205 valence electrons. The third-order valence-electron chi connectivity index (χ3n) is 6.88. The minimum absolute atomic E-state index is 0.140. The average Bonchev–Trinajstić information content (AvgIpc) is 3.12. The van der Waals surface area contributed by atoms with Crippen molar-refractivity contribution in [1.29, 1.82) is 0 Å². The van der Waals surface area contributed by atoms with Crippen molar-refractivity contribution < 1.29 is 19.0 Å². The van der Waals surface area contributed by atoms with E-state index in [0.717, 1.165) is 76.4 Å². The van der Waals surface area contributed by atoms with Gasteiger partial charge < -0.3 is 0 Å². The predicted molar refractivity (Wildman–Crippen MR) is 155 cm³/mol. The zero-order valence-electron chi connectivity index (χ0n) is 22.4. The number of nitrogens with zero attached hydrogens (tertiary/aromatic N) is 4. The molecule has 3 aromatic rings. The number of aryl methyl sites for hydroxylation is 1. The molecule has 1 fully saturated rings. The summed E-state index contributed by atoms with van der Waals surface area (Å²) in [6.07, 6.45) is 3.79. The second-order valence-electron chi connectivity index (χ2n) is 9.23. The van der Waals surface area contributed by atoms with Crippen molar-refractivity contribution >= 4 is 65.1 Å². The van der Waals surface area contributed by atoms with Crippen LogP contribution in [-0.4, -0.2) is 78.7 Å². The summed E-state index contributed by atoms with van der Waals surface area (Å²) in [6.45, 7) is 5.79. The van der Waals surface area contributed by atoms with Crippen molar-refractivity contribution in [2.24, 2.45) is 0 Å². The molecule has 1 saturated heterocycles. The van der Waals surface area contributed by atoms with Crippen LogP contribution in [0.3, 0.4) is 0 Å². The molecule has 0 aliphatic carbocycles. The molecular weight excluding hydrogens is 581 g/mol. The summed E-state index contributed by atoms with van der Waals surface area (Å²) in [7, 11) is 3.31. The molecule has 2 aliphatic rings. The van der Waals surface area contributed by atoms with Gasteiger partial charge in [0.25, 0.3) is 0 Å².